The van der Waals surface area contributed by atoms with E-state index in [9.17, 15) is 4.79 Å². The van der Waals surface area contributed by atoms with Gasteiger partial charge in [-0.3, -0.25) is 4.79 Å². The lowest BCUT2D eigenvalue weighted by Crippen LogP contribution is -2.34. The summed E-state index contributed by atoms with van der Waals surface area (Å²) in [7, 11) is 0. The lowest BCUT2D eigenvalue weighted by Gasteiger charge is -2.12. The monoisotopic (exact) mass is 264 g/mol. The normalized spacial score (nSPS) is 28.8. The van der Waals surface area contributed by atoms with Crippen LogP contribution in [0, 0.1) is 0 Å². The van der Waals surface area contributed by atoms with Crippen molar-refractivity contribution in [1.82, 2.24) is 10.6 Å². The van der Waals surface area contributed by atoms with Gasteiger partial charge in [-0.15, -0.1) is 12.4 Å². The molecule has 5 heteroatoms. The van der Waals surface area contributed by atoms with Crippen molar-refractivity contribution in [2.24, 2.45) is 0 Å². The topological polar surface area (TPSA) is 41.1 Å². The first-order valence-electron chi connectivity index (χ1n) is 5.96. The molecular formula is C11H21ClN2OS. The smallest absolute Gasteiger partial charge is 0.221 e. The van der Waals surface area contributed by atoms with Crippen molar-refractivity contribution in [2.45, 2.75) is 43.4 Å². The fourth-order valence-corrected chi connectivity index (χ4v) is 3.46. The molecule has 2 N–H and O–H groups in total. The van der Waals surface area contributed by atoms with E-state index < -0.39 is 0 Å². The molecule has 0 spiro atoms. The molecule has 0 bridgehead atoms. The molecule has 2 saturated heterocycles. The number of nitrogens with one attached hydrogen (secondary N) is 2. The molecule has 2 atom stereocenters. The Morgan fingerprint density at radius 1 is 1.38 bits per heavy atom. The Kier molecular flexibility index (Phi) is 6.54. The predicted octanol–water partition coefficient (Wildman–Crippen LogP) is 1.56. The van der Waals surface area contributed by atoms with Gasteiger partial charge in [-0.1, -0.05) is 0 Å². The Hall–Kier alpha value is 0.0700. The summed E-state index contributed by atoms with van der Waals surface area (Å²) in [6, 6.07) is 0.432. The highest BCUT2D eigenvalue weighted by atomic mass is 35.5. The van der Waals surface area contributed by atoms with Crippen molar-refractivity contribution in [3.05, 3.63) is 0 Å². The van der Waals surface area contributed by atoms with E-state index >= 15 is 0 Å². The molecule has 16 heavy (non-hydrogen) atoms. The number of rotatable bonds is 4. The zero-order chi connectivity index (χ0) is 10.5. The van der Waals surface area contributed by atoms with E-state index in [0.717, 1.165) is 19.5 Å². The summed E-state index contributed by atoms with van der Waals surface area (Å²) >= 11 is 2.00. The third-order valence-electron chi connectivity index (χ3n) is 3.15. The molecule has 2 rings (SSSR count). The molecule has 2 aliphatic rings. The van der Waals surface area contributed by atoms with Crippen LogP contribution in [0.1, 0.15) is 32.1 Å². The van der Waals surface area contributed by atoms with E-state index in [1.165, 1.54) is 25.0 Å². The Morgan fingerprint density at radius 2 is 2.25 bits per heavy atom. The quantitative estimate of drug-likeness (QED) is 0.810. The average molecular weight is 265 g/mol. The van der Waals surface area contributed by atoms with Crippen molar-refractivity contribution in [1.29, 1.82) is 0 Å². The number of hydrogen-bond donors (Lipinski definition) is 2. The summed E-state index contributed by atoms with van der Waals surface area (Å²) in [5.74, 6) is 1.49. The fourth-order valence-electron chi connectivity index (χ4n) is 2.26. The Labute approximate surface area is 108 Å². The van der Waals surface area contributed by atoms with Gasteiger partial charge in [0.2, 0.25) is 5.91 Å². The molecule has 1 amide bonds. The van der Waals surface area contributed by atoms with Crippen LogP contribution in [0.5, 0.6) is 0 Å². The summed E-state index contributed by atoms with van der Waals surface area (Å²) < 4.78 is 0. The molecule has 0 aromatic carbocycles. The number of halogens is 1. The van der Waals surface area contributed by atoms with Gasteiger partial charge in [0.1, 0.15) is 0 Å². The standard InChI is InChI=1S/C11H20N2OS.ClH/c14-11(7-9-3-1-5-12-9)13-8-10-4-2-6-15-10;/h9-10,12H,1-8H2,(H,13,14);1H. The van der Waals surface area contributed by atoms with E-state index in [2.05, 4.69) is 10.6 Å². The van der Waals surface area contributed by atoms with Crippen molar-refractivity contribution in [3.8, 4) is 0 Å². The second-order valence-electron chi connectivity index (χ2n) is 4.44. The number of carbonyl (C=O) groups is 1. The number of thioether (sulfide) groups is 1. The highest BCUT2D eigenvalue weighted by Crippen LogP contribution is 2.25. The van der Waals surface area contributed by atoms with Crippen molar-refractivity contribution >= 4 is 30.1 Å². The number of amides is 1. The summed E-state index contributed by atoms with van der Waals surface area (Å²) in [5, 5.41) is 7.07. The molecule has 2 heterocycles. The van der Waals surface area contributed by atoms with Crippen LogP contribution in [0.4, 0.5) is 0 Å². The number of hydrogen-bond acceptors (Lipinski definition) is 3. The Balaban J connectivity index is 0.00000128. The second-order valence-corrected chi connectivity index (χ2v) is 5.84. The van der Waals surface area contributed by atoms with Crippen LogP contribution in [-0.4, -0.2) is 36.0 Å². The third-order valence-corrected chi connectivity index (χ3v) is 4.54. The fraction of sp³-hybridized carbons (Fsp3) is 0.909. The predicted molar refractivity (Wildman–Crippen MR) is 71.4 cm³/mol. The lowest BCUT2D eigenvalue weighted by molar-refractivity contribution is -0.121. The maximum absolute atomic E-state index is 11.6. The van der Waals surface area contributed by atoms with Gasteiger partial charge in [-0.25, -0.2) is 0 Å². The molecule has 2 fully saturated rings. The average Bonchev–Trinajstić information content (AvgIpc) is 2.86. The maximum atomic E-state index is 11.6. The van der Waals surface area contributed by atoms with E-state index in [-0.39, 0.29) is 18.3 Å². The molecular weight excluding hydrogens is 244 g/mol. The van der Waals surface area contributed by atoms with Crippen molar-refractivity contribution in [2.75, 3.05) is 18.8 Å². The first-order valence-corrected chi connectivity index (χ1v) is 7.01. The maximum Gasteiger partial charge on any atom is 0.221 e. The Bertz CT molecular complexity index is 216. The molecule has 0 aromatic heterocycles. The van der Waals surface area contributed by atoms with Crippen LogP contribution in [0.3, 0.4) is 0 Å². The number of carbonyl (C=O) groups excluding carboxylic acids is 1. The zero-order valence-electron chi connectivity index (χ0n) is 9.54. The minimum atomic E-state index is 0. The summed E-state index contributed by atoms with van der Waals surface area (Å²) in [5.41, 5.74) is 0. The van der Waals surface area contributed by atoms with Gasteiger partial charge in [0.05, 0.1) is 0 Å². The van der Waals surface area contributed by atoms with Crippen molar-refractivity contribution < 1.29 is 4.79 Å². The molecule has 3 nitrogen and oxygen atoms in total. The van der Waals surface area contributed by atoms with Crippen LogP contribution in [0.2, 0.25) is 0 Å². The van der Waals surface area contributed by atoms with E-state index in [1.54, 1.807) is 0 Å². The van der Waals surface area contributed by atoms with E-state index in [0.29, 0.717) is 17.7 Å². The molecule has 2 unspecified atom stereocenters. The van der Waals surface area contributed by atoms with Gasteiger partial charge >= 0.3 is 0 Å². The Morgan fingerprint density at radius 3 is 2.88 bits per heavy atom. The molecule has 94 valence electrons. The van der Waals surface area contributed by atoms with Gasteiger partial charge in [0.25, 0.3) is 0 Å². The molecule has 2 aliphatic heterocycles. The third kappa shape index (κ3) is 4.52. The SMILES string of the molecule is Cl.O=C(CC1CCCN1)NCC1CCCS1. The molecule has 0 saturated carbocycles. The zero-order valence-corrected chi connectivity index (χ0v) is 11.2. The van der Waals surface area contributed by atoms with Gasteiger partial charge in [-0.05, 0) is 38.0 Å². The van der Waals surface area contributed by atoms with E-state index in [4.69, 9.17) is 0 Å². The van der Waals surface area contributed by atoms with Gasteiger partial charge in [0.15, 0.2) is 0 Å². The van der Waals surface area contributed by atoms with Crippen molar-refractivity contribution in [3.63, 3.8) is 0 Å². The second kappa shape index (κ2) is 7.41. The summed E-state index contributed by atoms with van der Waals surface area (Å²) in [6.07, 6.45) is 5.63. The summed E-state index contributed by atoms with van der Waals surface area (Å²) in [4.78, 5) is 11.6. The highest BCUT2D eigenvalue weighted by Gasteiger charge is 2.19. The lowest BCUT2D eigenvalue weighted by atomic mass is 10.1. The summed E-state index contributed by atoms with van der Waals surface area (Å²) in [6.45, 7) is 1.95. The molecule has 0 aliphatic carbocycles. The van der Waals surface area contributed by atoms with Crippen LogP contribution >= 0.6 is 24.2 Å². The van der Waals surface area contributed by atoms with Crippen LogP contribution in [0.25, 0.3) is 0 Å². The van der Waals surface area contributed by atoms with Crippen LogP contribution < -0.4 is 10.6 Å². The largest absolute Gasteiger partial charge is 0.355 e. The highest BCUT2D eigenvalue weighted by molar-refractivity contribution is 8.00. The van der Waals surface area contributed by atoms with Gasteiger partial charge < -0.3 is 10.6 Å². The molecule has 0 radical (unpaired) electrons. The minimum Gasteiger partial charge on any atom is -0.355 e. The minimum absolute atomic E-state index is 0. The first-order chi connectivity index (χ1) is 7.34. The molecule has 0 aromatic rings. The first kappa shape index (κ1) is 14.1. The van der Waals surface area contributed by atoms with Crippen LogP contribution in [-0.2, 0) is 4.79 Å². The van der Waals surface area contributed by atoms with Crippen LogP contribution in [0.15, 0.2) is 0 Å². The van der Waals surface area contributed by atoms with E-state index in [1.807, 2.05) is 11.8 Å². The van der Waals surface area contributed by atoms with Gasteiger partial charge in [0, 0.05) is 24.3 Å². The van der Waals surface area contributed by atoms with Gasteiger partial charge in [-0.2, -0.15) is 11.8 Å².